The van der Waals surface area contributed by atoms with E-state index in [0.717, 1.165) is 11.2 Å². The van der Waals surface area contributed by atoms with E-state index in [2.05, 4.69) is 15.0 Å². The molecule has 0 bridgehead atoms. The number of imidazole rings is 1. The van der Waals surface area contributed by atoms with Crippen LogP contribution >= 0.6 is 12.2 Å². The molecule has 3 rings (SSSR count). The summed E-state index contributed by atoms with van der Waals surface area (Å²) in [5, 5.41) is 0.653. The number of aromatic nitrogens is 4. The smallest absolute Gasteiger partial charge is 0.262 e. The summed E-state index contributed by atoms with van der Waals surface area (Å²) in [6.45, 7) is 0.529. The predicted molar refractivity (Wildman–Crippen MR) is 75.7 cm³/mol. The van der Waals surface area contributed by atoms with Gasteiger partial charge in [-0.05, 0) is 24.4 Å². The second-order valence-corrected chi connectivity index (χ2v) is 4.65. The highest BCUT2D eigenvalue weighted by molar-refractivity contribution is 7.71. The molecule has 0 unspecified atom stereocenters. The Morgan fingerprint density at radius 1 is 1.32 bits per heavy atom. The largest absolute Gasteiger partial charge is 0.348 e. The first-order chi connectivity index (χ1) is 9.25. The summed E-state index contributed by atoms with van der Waals surface area (Å²) in [4.78, 5) is 22.4. The van der Waals surface area contributed by atoms with Crippen molar-refractivity contribution in [1.29, 1.82) is 0 Å². The van der Waals surface area contributed by atoms with Crippen LogP contribution in [0.15, 0.2) is 41.6 Å². The van der Waals surface area contributed by atoms with Crippen molar-refractivity contribution in [3.8, 4) is 0 Å². The summed E-state index contributed by atoms with van der Waals surface area (Å²) >= 11 is 5.24. The van der Waals surface area contributed by atoms with E-state index in [1.807, 2.05) is 18.2 Å². The maximum absolute atomic E-state index is 12.4. The minimum Gasteiger partial charge on any atom is -0.348 e. The molecule has 0 aliphatic rings. The van der Waals surface area contributed by atoms with Crippen LogP contribution in [0.25, 0.3) is 10.9 Å². The monoisotopic (exact) mass is 272 g/mol. The van der Waals surface area contributed by atoms with E-state index in [1.54, 1.807) is 23.2 Å². The molecule has 0 aliphatic carbocycles. The van der Waals surface area contributed by atoms with Crippen LogP contribution in [0, 0.1) is 4.77 Å². The highest BCUT2D eigenvalue weighted by Gasteiger charge is 2.05. The number of aryl methyl sites for hydroxylation is 1. The molecule has 0 saturated carbocycles. The number of hydrogen-bond donors (Lipinski definition) is 2. The Kier molecular flexibility index (Phi) is 3.00. The van der Waals surface area contributed by atoms with Crippen LogP contribution in [-0.2, 0) is 13.0 Å². The zero-order valence-corrected chi connectivity index (χ0v) is 10.9. The van der Waals surface area contributed by atoms with Gasteiger partial charge in [-0.3, -0.25) is 9.36 Å². The van der Waals surface area contributed by atoms with E-state index >= 15 is 0 Å². The van der Waals surface area contributed by atoms with E-state index in [9.17, 15) is 4.79 Å². The second kappa shape index (κ2) is 4.81. The van der Waals surface area contributed by atoms with Gasteiger partial charge in [0.1, 0.15) is 0 Å². The molecular weight excluding hydrogens is 260 g/mol. The van der Waals surface area contributed by atoms with Crippen LogP contribution in [0.1, 0.15) is 5.69 Å². The maximum atomic E-state index is 12.4. The minimum absolute atomic E-state index is 0.0566. The molecule has 0 radical (unpaired) electrons. The van der Waals surface area contributed by atoms with Gasteiger partial charge in [0.05, 0.1) is 17.2 Å². The molecule has 19 heavy (non-hydrogen) atoms. The van der Waals surface area contributed by atoms with Crippen molar-refractivity contribution < 1.29 is 0 Å². The zero-order valence-electron chi connectivity index (χ0n) is 10.1. The Bertz CT molecular complexity index is 817. The van der Waals surface area contributed by atoms with Crippen molar-refractivity contribution in [2.75, 3.05) is 0 Å². The summed E-state index contributed by atoms with van der Waals surface area (Å²) in [6.07, 6.45) is 4.06. The molecule has 0 saturated heterocycles. The average Bonchev–Trinajstić information content (AvgIpc) is 2.92. The molecule has 5 nitrogen and oxygen atoms in total. The lowest BCUT2D eigenvalue weighted by Gasteiger charge is -2.07. The Hall–Kier alpha value is -2.21. The lowest BCUT2D eigenvalue weighted by Crippen LogP contribution is -2.23. The van der Waals surface area contributed by atoms with Crippen molar-refractivity contribution in [1.82, 2.24) is 19.5 Å². The van der Waals surface area contributed by atoms with E-state index in [1.165, 1.54) is 0 Å². The average molecular weight is 272 g/mol. The standard InChI is InChI=1S/C13H12N4OS/c18-12-10-3-1-2-4-11(10)16-13(19)17(12)6-5-9-7-14-8-15-9/h1-4,7-8H,5-6H2,(H,14,15)(H,16,19). The van der Waals surface area contributed by atoms with E-state index in [-0.39, 0.29) is 5.56 Å². The number of aromatic amines is 2. The first kappa shape index (κ1) is 11.9. The normalized spacial score (nSPS) is 10.9. The van der Waals surface area contributed by atoms with E-state index < -0.39 is 0 Å². The third kappa shape index (κ3) is 2.22. The molecule has 2 heterocycles. The molecular formula is C13H12N4OS. The number of benzene rings is 1. The fourth-order valence-electron chi connectivity index (χ4n) is 2.06. The van der Waals surface area contributed by atoms with Gasteiger partial charge in [-0.2, -0.15) is 0 Å². The summed E-state index contributed by atoms with van der Waals surface area (Å²) in [6, 6.07) is 7.38. The number of hydrogen-bond acceptors (Lipinski definition) is 3. The van der Waals surface area contributed by atoms with Crippen LogP contribution in [0.5, 0.6) is 0 Å². The quantitative estimate of drug-likeness (QED) is 0.717. The van der Waals surface area contributed by atoms with Crippen LogP contribution in [0.4, 0.5) is 0 Å². The molecule has 2 aromatic heterocycles. The predicted octanol–water partition coefficient (Wildman–Crippen LogP) is 2.02. The number of nitrogens with zero attached hydrogens (tertiary/aromatic N) is 2. The Morgan fingerprint density at radius 2 is 2.16 bits per heavy atom. The minimum atomic E-state index is -0.0566. The van der Waals surface area contributed by atoms with Gasteiger partial charge < -0.3 is 9.97 Å². The molecule has 0 aliphatic heterocycles. The second-order valence-electron chi connectivity index (χ2n) is 4.26. The number of H-pyrrole nitrogens is 2. The summed E-state index contributed by atoms with van der Waals surface area (Å²) in [5.74, 6) is 0. The Morgan fingerprint density at radius 3 is 2.95 bits per heavy atom. The van der Waals surface area contributed by atoms with Gasteiger partial charge in [-0.25, -0.2) is 4.98 Å². The van der Waals surface area contributed by atoms with Crippen LogP contribution in [0.2, 0.25) is 0 Å². The molecule has 6 heteroatoms. The van der Waals surface area contributed by atoms with Crippen molar-refractivity contribution in [3.05, 3.63) is 57.6 Å². The summed E-state index contributed by atoms with van der Waals surface area (Å²) < 4.78 is 2.03. The van der Waals surface area contributed by atoms with Crippen LogP contribution in [-0.4, -0.2) is 19.5 Å². The summed E-state index contributed by atoms with van der Waals surface area (Å²) in [7, 11) is 0. The summed E-state index contributed by atoms with van der Waals surface area (Å²) in [5.41, 5.74) is 1.70. The molecule has 1 aromatic carbocycles. The zero-order chi connectivity index (χ0) is 13.2. The lowest BCUT2D eigenvalue weighted by atomic mass is 10.2. The molecule has 2 N–H and O–H groups in total. The van der Waals surface area contributed by atoms with Gasteiger partial charge in [-0.1, -0.05) is 12.1 Å². The van der Waals surface area contributed by atoms with Crippen LogP contribution in [0.3, 0.4) is 0 Å². The van der Waals surface area contributed by atoms with Gasteiger partial charge >= 0.3 is 0 Å². The number of nitrogens with one attached hydrogen (secondary N) is 2. The fraction of sp³-hybridized carbons (Fsp3) is 0.154. The highest BCUT2D eigenvalue weighted by atomic mass is 32.1. The first-order valence-electron chi connectivity index (χ1n) is 5.95. The van der Waals surface area contributed by atoms with E-state index in [4.69, 9.17) is 12.2 Å². The molecule has 0 atom stereocenters. The number of rotatable bonds is 3. The van der Waals surface area contributed by atoms with Gasteiger partial charge in [0, 0.05) is 24.9 Å². The van der Waals surface area contributed by atoms with Crippen LogP contribution < -0.4 is 5.56 Å². The Balaban J connectivity index is 2.04. The number of fused-ring (bicyclic) bond motifs is 1. The van der Waals surface area contributed by atoms with Crippen molar-refractivity contribution in [2.45, 2.75) is 13.0 Å². The van der Waals surface area contributed by atoms with Gasteiger partial charge in [-0.15, -0.1) is 0 Å². The topological polar surface area (TPSA) is 66.5 Å². The lowest BCUT2D eigenvalue weighted by molar-refractivity contribution is 0.646. The third-order valence-electron chi connectivity index (χ3n) is 3.05. The van der Waals surface area contributed by atoms with Crippen molar-refractivity contribution in [3.63, 3.8) is 0 Å². The first-order valence-corrected chi connectivity index (χ1v) is 6.35. The van der Waals surface area contributed by atoms with Gasteiger partial charge in [0.15, 0.2) is 4.77 Å². The molecule has 96 valence electrons. The molecule has 0 spiro atoms. The van der Waals surface area contributed by atoms with Gasteiger partial charge in [0.2, 0.25) is 0 Å². The Labute approximate surface area is 113 Å². The fourth-order valence-corrected chi connectivity index (χ4v) is 2.34. The number of para-hydroxylation sites is 1. The SMILES string of the molecule is O=c1c2ccccc2[nH]c(=S)n1CCc1cnc[nH]1. The maximum Gasteiger partial charge on any atom is 0.262 e. The van der Waals surface area contributed by atoms with Gasteiger partial charge in [0.25, 0.3) is 5.56 Å². The third-order valence-corrected chi connectivity index (χ3v) is 3.37. The highest BCUT2D eigenvalue weighted by Crippen LogP contribution is 2.06. The van der Waals surface area contributed by atoms with Crippen molar-refractivity contribution >= 4 is 23.1 Å². The van der Waals surface area contributed by atoms with Crippen molar-refractivity contribution in [2.24, 2.45) is 0 Å². The van der Waals surface area contributed by atoms with E-state index in [0.29, 0.717) is 23.1 Å². The molecule has 0 amide bonds. The molecule has 0 fully saturated rings. The molecule has 3 aromatic rings.